The zero-order chi connectivity index (χ0) is 8.97. The first-order valence-electron chi connectivity index (χ1n) is 3.46. The van der Waals surface area contributed by atoms with E-state index in [0.717, 1.165) is 0 Å². The summed E-state index contributed by atoms with van der Waals surface area (Å²) in [5.41, 5.74) is 10.3. The van der Waals surface area contributed by atoms with Crippen LogP contribution in [0, 0.1) is 0 Å². The number of hydrogen-bond donors (Lipinski definition) is 2. The molecule has 1 aromatic heterocycles. The first-order chi connectivity index (χ1) is 5.70. The number of carbonyl (C=O) groups excluding carboxylic acids is 1. The van der Waals surface area contributed by atoms with E-state index >= 15 is 0 Å². The number of rotatable bonds is 4. The predicted molar refractivity (Wildman–Crippen MR) is 39.6 cm³/mol. The van der Waals surface area contributed by atoms with E-state index in [0.29, 0.717) is 13.0 Å². The molecule has 1 aromatic rings. The fourth-order valence-corrected chi connectivity index (χ4v) is 0.696. The Bertz CT molecular complexity index is 244. The van der Waals surface area contributed by atoms with Gasteiger partial charge in [-0.2, -0.15) is 0 Å². The van der Waals surface area contributed by atoms with E-state index < -0.39 is 11.9 Å². The summed E-state index contributed by atoms with van der Waals surface area (Å²) in [6, 6.07) is -0.630. The highest BCUT2D eigenvalue weighted by Gasteiger charge is 2.08. The molecule has 1 heterocycles. The van der Waals surface area contributed by atoms with E-state index in [2.05, 4.69) is 15.5 Å². The van der Waals surface area contributed by atoms with Gasteiger partial charge in [0.05, 0.1) is 6.04 Å². The quantitative estimate of drug-likeness (QED) is 0.536. The first kappa shape index (κ1) is 8.60. The van der Waals surface area contributed by atoms with Crippen molar-refractivity contribution >= 4 is 5.91 Å². The fraction of sp³-hybridized carbons (Fsp3) is 0.600. The highest BCUT2D eigenvalue weighted by molar-refractivity contribution is 5.79. The third kappa shape index (κ3) is 2.27. The minimum Gasteiger partial charge on any atom is -0.368 e. The number of nitrogens with zero attached hydrogens (tertiary/aromatic N) is 4. The van der Waals surface area contributed by atoms with Crippen LogP contribution in [0.2, 0.25) is 0 Å². The Labute approximate surface area is 68.7 Å². The van der Waals surface area contributed by atoms with Crippen LogP contribution in [-0.4, -0.2) is 32.2 Å². The Balaban J connectivity index is 2.31. The van der Waals surface area contributed by atoms with Crippen LogP contribution in [0.5, 0.6) is 0 Å². The van der Waals surface area contributed by atoms with Gasteiger partial charge in [0.1, 0.15) is 6.33 Å². The highest BCUT2D eigenvalue weighted by Crippen LogP contribution is 1.90. The van der Waals surface area contributed by atoms with Crippen LogP contribution >= 0.6 is 0 Å². The standard InChI is InChI=1S/C5H10N6O/c6-4(5(7)12)1-2-11-3-8-9-10-11/h3-4H,1-2,6H2,(H2,7,12). The molecule has 0 aliphatic carbocycles. The lowest BCUT2D eigenvalue weighted by atomic mass is 10.2. The summed E-state index contributed by atoms with van der Waals surface area (Å²) >= 11 is 0. The number of aromatic nitrogens is 4. The largest absolute Gasteiger partial charge is 0.368 e. The molecule has 7 nitrogen and oxygen atoms in total. The second-order valence-corrected chi connectivity index (χ2v) is 2.37. The SMILES string of the molecule is NC(=O)C(N)CCn1cnnn1. The predicted octanol–water partition coefficient (Wildman–Crippen LogP) is -2.12. The lowest BCUT2D eigenvalue weighted by Crippen LogP contribution is -2.37. The second-order valence-electron chi connectivity index (χ2n) is 2.37. The molecule has 0 aliphatic heterocycles. The van der Waals surface area contributed by atoms with Crippen LogP contribution in [0.3, 0.4) is 0 Å². The molecule has 0 bridgehead atoms. The molecular formula is C5H10N6O. The molecule has 0 aromatic carbocycles. The van der Waals surface area contributed by atoms with E-state index in [-0.39, 0.29) is 0 Å². The average Bonchev–Trinajstić information content (AvgIpc) is 2.51. The summed E-state index contributed by atoms with van der Waals surface area (Å²) in [4.78, 5) is 10.5. The van der Waals surface area contributed by atoms with Gasteiger partial charge in [-0.05, 0) is 16.8 Å². The van der Waals surface area contributed by atoms with Crippen molar-refractivity contribution in [1.29, 1.82) is 0 Å². The van der Waals surface area contributed by atoms with Gasteiger partial charge in [0.2, 0.25) is 5.91 Å². The molecule has 1 amide bonds. The molecule has 12 heavy (non-hydrogen) atoms. The molecule has 0 saturated carbocycles. The lowest BCUT2D eigenvalue weighted by Gasteiger charge is -2.05. The smallest absolute Gasteiger partial charge is 0.234 e. The van der Waals surface area contributed by atoms with Crippen molar-refractivity contribution in [3.63, 3.8) is 0 Å². The molecular weight excluding hydrogens is 160 g/mol. The van der Waals surface area contributed by atoms with E-state index in [1.165, 1.54) is 11.0 Å². The molecule has 1 atom stereocenters. The summed E-state index contributed by atoms with van der Waals surface area (Å²) in [6.45, 7) is 0.497. The minimum atomic E-state index is -0.630. The summed E-state index contributed by atoms with van der Waals surface area (Å²) in [7, 11) is 0. The number of nitrogens with two attached hydrogens (primary N) is 2. The normalized spacial score (nSPS) is 12.8. The van der Waals surface area contributed by atoms with Crippen molar-refractivity contribution in [1.82, 2.24) is 20.2 Å². The molecule has 66 valence electrons. The number of hydrogen-bond acceptors (Lipinski definition) is 5. The third-order valence-corrected chi connectivity index (χ3v) is 1.43. The molecule has 0 spiro atoms. The Morgan fingerprint density at radius 2 is 2.42 bits per heavy atom. The monoisotopic (exact) mass is 170 g/mol. The zero-order valence-electron chi connectivity index (χ0n) is 6.42. The maximum absolute atomic E-state index is 10.5. The van der Waals surface area contributed by atoms with Crippen LogP contribution in [0.1, 0.15) is 6.42 Å². The number of carbonyl (C=O) groups is 1. The molecule has 1 unspecified atom stereocenters. The van der Waals surface area contributed by atoms with Gasteiger partial charge >= 0.3 is 0 Å². The van der Waals surface area contributed by atoms with Crippen molar-refractivity contribution < 1.29 is 4.79 Å². The highest BCUT2D eigenvalue weighted by atomic mass is 16.1. The summed E-state index contributed by atoms with van der Waals surface area (Å²) in [5.74, 6) is -0.511. The molecule has 0 fully saturated rings. The molecule has 0 radical (unpaired) electrons. The van der Waals surface area contributed by atoms with Gasteiger partial charge < -0.3 is 11.5 Å². The fourth-order valence-electron chi connectivity index (χ4n) is 0.696. The van der Waals surface area contributed by atoms with Gasteiger partial charge in [-0.15, -0.1) is 5.10 Å². The van der Waals surface area contributed by atoms with Gasteiger partial charge in [0.25, 0.3) is 0 Å². The maximum Gasteiger partial charge on any atom is 0.234 e. The molecule has 7 heteroatoms. The topological polar surface area (TPSA) is 113 Å². The molecule has 0 aliphatic rings. The first-order valence-corrected chi connectivity index (χ1v) is 3.46. The van der Waals surface area contributed by atoms with Crippen molar-refractivity contribution in [2.24, 2.45) is 11.5 Å². The van der Waals surface area contributed by atoms with Crippen molar-refractivity contribution in [3.05, 3.63) is 6.33 Å². The second kappa shape index (κ2) is 3.77. The van der Waals surface area contributed by atoms with E-state index in [1.807, 2.05) is 0 Å². The third-order valence-electron chi connectivity index (χ3n) is 1.43. The van der Waals surface area contributed by atoms with Crippen LogP contribution in [0.15, 0.2) is 6.33 Å². The van der Waals surface area contributed by atoms with Crippen LogP contribution in [-0.2, 0) is 11.3 Å². The van der Waals surface area contributed by atoms with E-state index in [1.54, 1.807) is 0 Å². The Morgan fingerprint density at radius 1 is 1.67 bits per heavy atom. The molecule has 4 N–H and O–H groups in total. The van der Waals surface area contributed by atoms with Gasteiger partial charge in [-0.3, -0.25) is 4.79 Å². The number of tetrazole rings is 1. The lowest BCUT2D eigenvalue weighted by molar-refractivity contribution is -0.119. The van der Waals surface area contributed by atoms with E-state index in [9.17, 15) is 4.79 Å². The van der Waals surface area contributed by atoms with Crippen LogP contribution in [0.25, 0.3) is 0 Å². The van der Waals surface area contributed by atoms with Crippen molar-refractivity contribution in [2.45, 2.75) is 19.0 Å². The van der Waals surface area contributed by atoms with Gasteiger partial charge in [0, 0.05) is 6.54 Å². The molecule has 1 rings (SSSR count). The summed E-state index contributed by atoms with van der Waals surface area (Å²) < 4.78 is 1.49. The van der Waals surface area contributed by atoms with Gasteiger partial charge in [-0.25, -0.2) is 4.68 Å². The average molecular weight is 170 g/mol. The van der Waals surface area contributed by atoms with Crippen LogP contribution in [0.4, 0.5) is 0 Å². The number of primary amides is 1. The number of aryl methyl sites for hydroxylation is 1. The zero-order valence-corrected chi connectivity index (χ0v) is 6.42. The molecule has 0 saturated heterocycles. The summed E-state index contributed by atoms with van der Waals surface area (Å²) in [6.07, 6.45) is 1.90. The van der Waals surface area contributed by atoms with Gasteiger partial charge in [0.15, 0.2) is 0 Å². The van der Waals surface area contributed by atoms with E-state index in [4.69, 9.17) is 11.5 Å². The number of amides is 1. The Kier molecular flexibility index (Phi) is 2.70. The maximum atomic E-state index is 10.5. The Hall–Kier alpha value is -1.50. The summed E-state index contributed by atoms with van der Waals surface area (Å²) in [5, 5.41) is 10.4. The minimum absolute atomic E-state index is 0.445. The van der Waals surface area contributed by atoms with Crippen molar-refractivity contribution in [2.75, 3.05) is 0 Å². The Morgan fingerprint density at radius 3 is 2.92 bits per heavy atom. The van der Waals surface area contributed by atoms with Gasteiger partial charge in [-0.1, -0.05) is 0 Å². The van der Waals surface area contributed by atoms with Crippen LogP contribution < -0.4 is 11.5 Å². The van der Waals surface area contributed by atoms with Crippen molar-refractivity contribution in [3.8, 4) is 0 Å².